The molecule has 0 fully saturated rings. The first-order chi connectivity index (χ1) is 16.3. The Morgan fingerprint density at radius 2 is 1.76 bits per heavy atom. The third kappa shape index (κ3) is 4.79. The summed E-state index contributed by atoms with van der Waals surface area (Å²) in [6, 6.07) is 16.1. The Morgan fingerprint density at radius 1 is 1.03 bits per heavy atom. The van der Waals surface area contributed by atoms with E-state index in [-0.39, 0.29) is 23.6 Å². The van der Waals surface area contributed by atoms with Crippen molar-refractivity contribution in [3.63, 3.8) is 0 Å². The molecule has 1 amide bonds. The fourth-order valence-electron chi connectivity index (χ4n) is 3.79. The van der Waals surface area contributed by atoms with Gasteiger partial charge in [-0.1, -0.05) is 12.1 Å². The molecule has 0 saturated carbocycles. The number of amides is 1. The number of halogens is 1. The van der Waals surface area contributed by atoms with Crippen molar-refractivity contribution >= 4 is 33.3 Å². The maximum absolute atomic E-state index is 13.7. The number of fused-ring (bicyclic) bond motifs is 1. The highest BCUT2D eigenvalue weighted by molar-refractivity contribution is 7.92. The van der Waals surface area contributed by atoms with Crippen molar-refractivity contribution < 1.29 is 27.1 Å². The number of rotatable bonds is 6. The van der Waals surface area contributed by atoms with Crippen molar-refractivity contribution in [1.82, 2.24) is 0 Å². The summed E-state index contributed by atoms with van der Waals surface area (Å²) in [6.07, 6.45) is 1.28. The van der Waals surface area contributed by atoms with Crippen LogP contribution in [-0.4, -0.2) is 33.4 Å². The minimum absolute atomic E-state index is 0.142. The fourth-order valence-corrected chi connectivity index (χ4v) is 5.36. The number of carbonyl (C=O) groups is 2. The Hall–Kier alpha value is -3.72. The first-order valence-corrected chi connectivity index (χ1v) is 12.2. The smallest absolute Gasteiger partial charge is 0.338 e. The van der Waals surface area contributed by atoms with Gasteiger partial charge in [0.15, 0.2) is 0 Å². The van der Waals surface area contributed by atoms with E-state index in [0.29, 0.717) is 29.8 Å². The molecule has 1 N–H and O–H groups in total. The number of hydrogen-bond acceptors (Lipinski definition) is 5. The van der Waals surface area contributed by atoms with Crippen LogP contribution >= 0.6 is 0 Å². The van der Waals surface area contributed by atoms with Crippen LogP contribution in [0.3, 0.4) is 0 Å². The van der Waals surface area contributed by atoms with Crippen molar-refractivity contribution in [1.29, 1.82) is 0 Å². The minimum atomic E-state index is -4.00. The van der Waals surface area contributed by atoms with E-state index >= 15 is 0 Å². The maximum atomic E-state index is 13.7. The average molecular weight is 483 g/mol. The van der Waals surface area contributed by atoms with Gasteiger partial charge in [-0.25, -0.2) is 17.6 Å². The first-order valence-electron chi connectivity index (χ1n) is 10.8. The van der Waals surface area contributed by atoms with Gasteiger partial charge < -0.3 is 10.1 Å². The van der Waals surface area contributed by atoms with Gasteiger partial charge in [-0.2, -0.15) is 0 Å². The number of nitrogens with zero attached hydrogens (tertiary/aromatic N) is 1. The number of benzene rings is 3. The number of anilines is 2. The molecule has 0 aromatic heterocycles. The van der Waals surface area contributed by atoms with E-state index in [4.69, 9.17) is 4.74 Å². The minimum Gasteiger partial charge on any atom is -0.462 e. The van der Waals surface area contributed by atoms with Crippen molar-refractivity contribution in [2.75, 3.05) is 22.8 Å². The quantitative estimate of drug-likeness (QED) is 0.526. The number of hydrogen-bond donors (Lipinski definition) is 1. The van der Waals surface area contributed by atoms with E-state index in [1.165, 1.54) is 28.6 Å². The number of esters is 1. The lowest BCUT2D eigenvalue weighted by Crippen LogP contribution is -2.35. The number of carbonyl (C=O) groups excluding carboxylic acids is 2. The van der Waals surface area contributed by atoms with Crippen LogP contribution < -0.4 is 9.62 Å². The summed E-state index contributed by atoms with van der Waals surface area (Å²) < 4.78 is 46.3. The molecular weight excluding hydrogens is 459 g/mol. The van der Waals surface area contributed by atoms with Gasteiger partial charge in [0.1, 0.15) is 5.82 Å². The maximum Gasteiger partial charge on any atom is 0.338 e. The van der Waals surface area contributed by atoms with Gasteiger partial charge in [-0.3, -0.25) is 9.10 Å². The standard InChI is InChI=1S/C25H23FN2O5S/c1-2-33-25(30)18-10-12-21(13-11-18)27-24(29)19-9-8-17-5-4-14-28(23(17)15-19)34(31,32)22-7-3-6-20(26)16-22/h3,6-13,15-16H,2,4-5,14H2,1H3,(H,27,29). The molecule has 0 atom stereocenters. The highest BCUT2D eigenvalue weighted by Gasteiger charge is 2.30. The van der Waals surface area contributed by atoms with Crippen LogP contribution in [0.4, 0.5) is 15.8 Å². The second-order valence-electron chi connectivity index (χ2n) is 7.73. The van der Waals surface area contributed by atoms with Crippen molar-refractivity contribution in [3.8, 4) is 0 Å². The average Bonchev–Trinajstić information content (AvgIpc) is 2.84. The highest BCUT2D eigenvalue weighted by atomic mass is 32.2. The summed E-state index contributed by atoms with van der Waals surface area (Å²) in [4.78, 5) is 24.5. The number of nitrogens with one attached hydrogen (secondary N) is 1. The molecular formula is C25H23FN2O5S. The lowest BCUT2D eigenvalue weighted by molar-refractivity contribution is 0.0526. The van der Waals surface area contributed by atoms with E-state index in [1.807, 2.05) is 0 Å². The molecule has 0 saturated heterocycles. The van der Waals surface area contributed by atoms with Gasteiger partial charge in [0.05, 0.1) is 22.8 Å². The predicted molar refractivity (Wildman–Crippen MR) is 126 cm³/mol. The Balaban J connectivity index is 1.59. The van der Waals surface area contributed by atoms with Crippen molar-refractivity contribution in [2.45, 2.75) is 24.7 Å². The number of ether oxygens (including phenoxy) is 1. The summed E-state index contributed by atoms with van der Waals surface area (Å²) >= 11 is 0. The van der Waals surface area contributed by atoms with E-state index in [9.17, 15) is 22.4 Å². The van der Waals surface area contributed by atoms with Crippen LogP contribution in [0.25, 0.3) is 0 Å². The van der Waals surface area contributed by atoms with E-state index in [2.05, 4.69) is 5.32 Å². The molecule has 0 radical (unpaired) electrons. The lowest BCUT2D eigenvalue weighted by atomic mass is 10.0. The SMILES string of the molecule is CCOC(=O)c1ccc(NC(=O)c2ccc3c(c2)N(S(=O)(=O)c2cccc(F)c2)CCC3)cc1. The Labute approximate surface area is 197 Å². The van der Waals surface area contributed by atoms with Gasteiger partial charge in [-0.15, -0.1) is 0 Å². The lowest BCUT2D eigenvalue weighted by Gasteiger charge is -2.31. The molecule has 0 bridgehead atoms. The molecule has 1 aliphatic rings. The van der Waals surface area contributed by atoms with Gasteiger partial charge in [0.25, 0.3) is 15.9 Å². The van der Waals surface area contributed by atoms with Crippen LogP contribution in [0.2, 0.25) is 0 Å². The number of aryl methyl sites for hydroxylation is 1. The largest absolute Gasteiger partial charge is 0.462 e. The molecule has 4 rings (SSSR count). The summed E-state index contributed by atoms with van der Waals surface area (Å²) in [5.41, 5.74) is 2.31. The molecule has 3 aromatic rings. The van der Waals surface area contributed by atoms with E-state index in [1.54, 1.807) is 43.3 Å². The summed E-state index contributed by atoms with van der Waals surface area (Å²) in [6.45, 7) is 2.21. The van der Waals surface area contributed by atoms with Crippen LogP contribution in [0.15, 0.2) is 71.6 Å². The second-order valence-corrected chi connectivity index (χ2v) is 9.60. The van der Waals surface area contributed by atoms with Gasteiger partial charge >= 0.3 is 5.97 Å². The van der Waals surface area contributed by atoms with Crippen LogP contribution in [-0.2, 0) is 21.2 Å². The van der Waals surface area contributed by atoms with Gasteiger partial charge in [0.2, 0.25) is 0 Å². The summed E-state index contributed by atoms with van der Waals surface area (Å²) in [5.74, 6) is -1.52. The molecule has 0 spiro atoms. The molecule has 34 heavy (non-hydrogen) atoms. The second kappa shape index (κ2) is 9.64. The van der Waals surface area contributed by atoms with E-state index in [0.717, 1.165) is 11.6 Å². The summed E-state index contributed by atoms with van der Waals surface area (Å²) in [7, 11) is -4.00. The molecule has 9 heteroatoms. The number of sulfonamides is 1. The fraction of sp³-hybridized carbons (Fsp3) is 0.200. The topological polar surface area (TPSA) is 92.8 Å². The molecule has 3 aromatic carbocycles. The normalized spacial score (nSPS) is 13.2. The molecule has 0 aliphatic carbocycles. The molecule has 7 nitrogen and oxygen atoms in total. The van der Waals surface area contributed by atoms with Crippen LogP contribution in [0.1, 0.15) is 39.6 Å². The Morgan fingerprint density at radius 3 is 2.47 bits per heavy atom. The van der Waals surface area contributed by atoms with Gasteiger partial charge in [-0.05, 0) is 79.9 Å². The first kappa shape index (κ1) is 23.4. The molecule has 176 valence electrons. The van der Waals surface area contributed by atoms with Crippen LogP contribution in [0.5, 0.6) is 0 Å². The third-order valence-corrected chi connectivity index (χ3v) is 7.27. The van der Waals surface area contributed by atoms with Crippen molar-refractivity contribution in [2.24, 2.45) is 0 Å². The third-order valence-electron chi connectivity index (χ3n) is 5.46. The van der Waals surface area contributed by atoms with Crippen LogP contribution in [0, 0.1) is 5.82 Å². The van der Waals surface area contributed by atoms with E-state index < -0.39 is 27.7 Å². The zero-order valence-corrected chi connectivity index (χ0v) is 19.3. The summed E-state index contributed by atoms with van der Waals surface area (Å²) in [5, 5.41) is 2.75. The predicted octanol–water partition coefficient (Wildman–Crippen LogP) is 4.40. The zero-order valence-electron chi connectivity index (χ0n) is 18.5. The molecule has 1 heterocycles. The monoisotopic (exact) mass is 482 g/mol. The zero-order chi connectivity index (χ0) is 24.3. The van der Waals surface area contributed by atoms with Crippen molar-refractivity contribution in [3.05, 3.63) is 89.2 Å². The Bertz CT molecular complexity index is 1340. The Kier molecular flexibility index (Phi) is 6.65. The molecule has 0 unspecified atom stereocenters. The van der Waals surface area contributed by atoms with Gasteiger partial charge in [0, 0.05) is 17.8 Å². The highest BCUT2D eigenvalue weighted by Crippen LogP contribution is 2.33. The molecule has 1 aliphatic heterocycles.